The summed E-state index contributed by atoms with van der Waals surface area (Å²) in [6.07, 6.45) is 4.66. The van der Waals surface area contributed by atoms with Gasteiger partial charge in [0.1, 0.15) is 5.58 Å². The molecule has 4 heterocycles. The molecule has 0 bridgehead atoms. The Hall–Kier alpha value is -5.78. The van der Waals surface area contributed by atoms with Crippen molar-refractivity contribution >= 4 is 111 Å². The number of rotatable bonds is 2. The van der Waals surface area contributed by atoms with Crippen molar-refractivity contribution in [1.29, 1.82) is 0 Å². The molecular weight excluding hydrogens is 784 g/mol. The molecule has 0 amide bonds. The second kappa shape index (κ2) is 12.5. The summed E-state index contributed by atoms with van der Waals surface area (Å²) in [5, 5.41) is 8.77. The van der Waals surface area contributed by atoms with Gasteiger partial charge in [-0.3, -0.25) is 0 Å². The lowest BCUT2D eigenvalue weighted by Gasteiger charge is -2.43. The van der Waals surface area contributed by atoms with Crippen molar-refractivity contribution < 1.29 is 4.42 Å². The van der Waals surface area contributed by atoms with Gasteiger partial charge in [0.2, 0.25) is 7.28 Å². The summed E-state index contributed by atoms with van der Waals surface area (Å²) in [6.45, 7) is 19.5. The monoisotopic (exact) mass is 835 g/mol. The van der Waals surface area contributed by atoms with Gasteiger partial charge in [-0.05, 0) is 140 Å². The summed E-state index contributed by atoms with van der Waals surface area (Å²) in [7, 11) is 2.39. The first kappa shape index (κ1) is 37.8. The lowest BCUT2D eigenvalue weighted by Crippen LogP contribution is -2.40. The van der Waals surface area contributed by atoms with Gasteiger partial charge in [-0.25, -0.2) is 0 Å². The molecule has 0 saturated heterocycles. The fourth-order valence-corrected chi connectivity index (χ4v) is 13.2. The largest absolute Gasteiger partial charge is 0.469 e. The van der Waals surface area contributed by atoms with Crippen molar-refractivity contribution in [3.8, 4) is 11.1 Å². The summed E-state index contributed by atoms with van der Waals surface area (Å²) in [6, 6.07) is 44.0. The summed E-state index contributed by atoms with van der Waals surface area (Å²) < 4.78 is 9.86. The minimum atomic E-state index is 0.0480. The average Bonchev–Trinajstić information content (AvgIpc) is 3.95. The van der Waals surface area contributed by atoms with Gasteiger partial charge in [-0.2, -0.15) is 0 Å². The molecule has 13 rings (SSSR count). The predicted octanol–water partition coefficient (Wildman–Crippen LogP) is 15.4. The van der Waals surface area contributed by atoms with Crippen molar-refractivity contribution in [1.82, 2.24) is 4.98 Å². The highest BCUT2D eigenvalue weighted by Gasteiger charge is 2.42. The standard InChI is InChI=1S/C58H52BN2OS/c1-55(2)22-23-56(3,4)43-28-34(20-21-42(43)55)61-51-41-30-44-45(58(7,8)25-24-57(44,5)6)31-47(41)62-54(51)59-49-39(29-40-35-16-11-12-19-48(35)63-53(40)52(49)61)37-18-13-17-36-38-26-32-14-9-10-15-33(32)27-46(38)60-50(36)37/h9-21,26-31,60H,22-25H2,1-8H3. The van der Waals surface area contributed by atoms with E-state index in [1.165, 1.54) is 104 Å². The number of aromatic amines is 1. The van der Waals surface area contributed by atoms with Crippen molar-refractivity contribution in [3.63, 3.8) is 0 Å². The first-order valence-electron chi connectivity index (χ1n) is 23.0. The van der Waals surface area contributed by atoms with E-state index < -0.39 is 0 Å². The number of para-hydroxylation sites is 1. The van der Waals surface area contributed by atoms with Crippen LogP contribution in [-0.2, 0) is 21.7 Å². The molecule has 10 aromatic rings. The number of H-pyrrole nitrogens is 1. The van der Waals surface area contributed by atoms with Crippen LogP contribution < -0.4 is 16.0 Å². The molecule has 3 aromatic heterocycles. The van der Waals surface area contributed by atoms with Crippen molar-refractivity contribution in [3.05, 3.63) is 138 Å². The number of aromatic nitrogens is 1. The lowest BCUT2D eigenvalue weighted by molar-refractivity contribution is 0.332. The van der Waals surface area contributed by atoms with Crippen LogP contribution in [0.3, 0.4) is 0 Å². The van der Waals surface area contributed by atoms with Crippen LogP contribution in [0.2, 0.25) is 0 Å². The molecule has 5 heteroatoms. The third kappa shape index (κ3) is 5.26. The Labute approximate surface area is 374 Å². The Morgan fingerprint density at radius 2 is 1.19 bits per heavy atom. The summed E-state index contributed by atoms with van der Waals surface area (Å²) in [4.78, 5) is 6.58. The van der Waals surface area contributed by atoms with E-state index in [-0.39, 0.29) is 21.7 Å². The van der Waals surface area contributed by atoms with E-state index in [1.54, 1.807) is 0 Å². The lowest BCUT2D eigenvalue weighted by atomic mass is 9.60. The van der Waals surface area contributed by atoms with Gasteiger partial charge in [-0.15, -0.1) is 11.3 Å². The minimum absolute atomic E-state index is 0.0480. The summed E-state index contributed by atoms with van der Waals surface area (Å²) >= 11 is 1.92. The van der Waals surface area contributed by atoms with Gasteiger partial charge in [0.15, 0.2) is 0 Å². The molecule has 0 saturated carbocycles. The van der Waals surface area contributed by atoms with E-state index in [9.17, 15) is 0 Å². The zero-order valence-electron chi connectivity index (χ0n) is 37.6. The molecule has 1 aliphatic heterocycles. The summed E-state index contributed by atoms with van der Waals surface area (Å²) in [5.74, 6) is 0. The SMILES string of the molecule is CC1(C)CCC(C)(C)c2cc(N3c4c(oc5cc6c(cc45)C(C)(C)CCC6(C)C)[B]c4c(-c5cccc6c5[nH]c5cc7ccccc7cc56)cc5c(sc6ccccc65)c43)ccc21. The van der Waals surface area contributed by atoms with Gasteiger partial charge >= 0.3 is 0 Å². The number of hydrogen-bond donors (Lipinski definition) is 1. The van der Waals surface area contributed by atoms with Crippen LogP contribution in [0.4, 0.5) is 17.1 Å². The molecule has 63 heavy (non-hydrogen) atoms. The van der Waals surface area contributed by atoms with E-state index in [1.807, 2.05) is 11.3 Å². The maximum Gasteiger partial charge on any atom is 0.247 e. The number of anilines is 3. The van der Waals surface area contributed by atoms with Crippen LogP contribution in [0.15, 0.2) is 120 Å². The highest BCUT2D eigenvalue weighted by atomic mass is 32.1. The van der Waals surface area contributed by atoms with E-state index in [4.69, 9.17) is 4.42 Å². The maximum atomic E-state index is 7.25. The third-order valence-corrected chi connectivity index (χ3v) is 17.1. The Bertz CT molecular complexity index is 3630. The van der Waals surface area contributed by atoms with E-state index in [2.05, 4.69) is 188 Å². The minimum Gasteiger partial charge on any atom is -0.469 e. The fraction of sp³-hybridized carbons (Fsp3) is 0.276. The number of hydrogen-bond acceptors (Lipinski definition) is 3. The molecule has 1 radical (unpaired) electrons. The molecule has 3 nitrogen and oxygen atoms in total. The molecule has 2 aliphatic carbocycles. The fourth-order valence-electron chi connectivity index (χ4n) is 12.0. The van der Waals surface area contributed by atoms with Crippen molar-refractivity contribution in [2.75, 3.05) is 4.90 Å². The second-order valence-corrected chi connectivity index (χ2v) is 22.8. The van der Waals surface area contributed by atoms with Crippen LogP contribution in [0.5, 0.6) is 0 Å². The van der Waals surface area contributed by atoms with E-state index in [0.29, 0.717) is 0 Å². The Morgan fingerprint density at radius 1 is 0.540 bits per heavy atom. The average molecular weight is 836 g/mol. The first-order chi connectivity index (χ1) is 30.2. The molecule has 3 aliphatic rings. The smallest absolute Gasteiger partial charge is 0.247 e. The second-order valence-electron chi connectivity index (χ2n) is 21.7. The van der Waals surface area contributed by atoms with Gasteiger partial charge in [0.05, 0.1) is 27.3 Å². The van der Waals surface area contributed by atoms with Gasteiger partial charge in [0, 0.05) is 48.4 Å². The van der Waals surface area contributed by atoms with Crippen LogP contribution in [0.25, 0.3) is 74.8 Å². The molecule has 0 fully saturated rings. The van der Waals surface area contributed by atoms with Gasteiger partial charge in [-0.1, -0.05) is 122 Å². The molecule has 1 N–H and O–H groups in total. The quantitative estimate of drug-likeness (QED) is 0.176. The first-order valence-corrected chi connectivity index (χ1v) is 23.8. The zero-order chi connectivity index (χ0) is 42.9. The number of nitrogens with one attached hydrogen (secondary N) is 1. The van der Waals surface area contributed by atoms with Gasteiger partial charge in [0.25, 0.3) is 0 Å². The molecule has 0 atom stereocenters. The van der Waals surface area contributed by atoms with E-state index >= 15 is 0 Å². The zero-order valence-corrected chi connectivity index (χ0v) is 38.5. The topological polar surface area (TPSA) is 32.2 Å². The highest BCUT2D eigenvalue weighted by molar-refractivity contribution is 7.26. The summed E-state index contributed by atoms with van der Waals surface area (Å²) in [5.41, 5.74) is 17.5. The molecule has 7 aromatic carbocycles. The molecule has 309 valence electrons. The number of benzene rings is 7. The van der Waals surface area contributed by atoms with Crippen molar-refractivity contribution in [2.24, 2.45) is 0 Å². The normalized spacial score (nSPS) is 18.2. The Kier molecular flexibility index (Phi) is 7.48. The number of furan rings is 1. The van der Waals surface area contributed by atoms with Crippen LogP contribution >= 0.6 is 11.3 Å². The number of nitrogens with zero attached hydrogens (tertiary/aromatic N) is 1. The van der Waals surface area contributed by atoms with E-state index in [0.717, 1.165) is 47.2 Å². The molecular formula is C58H52BN2OS. The predicted molar refractivity (Wildman–Crippen MR) is 272 cm³/mol. The third-order valence-electron chi connectivity index (χ3n) is 16.0. The van der Waals surface area contributed by atoms with Crippen LogP contribution in [0.1, 0.15) is 103 Å². The van der Waals surface area contributed by atoms with Crippen LogP contribution in [0, 0.1) is 0 Å². The maximum absolute atomic E-state index is 7.25. The number of fused-ring (bicyclic) bond motifs is 14. The van der Waals surface area contributed by atoms with Crippen LogP contribution in [-0.4, -0.2) is 12.3 Å². The highest BCUT2D eigenvalue weighted by Crippen LogP contribution is 2.54. The Balaban J connectivity index is 1.16. The Morgan fingerprint density at radius 3 is 1.95 bits per heavy atom. The van der Waals surface area contributed by atoms with Gasteiger partial charge < -0.3 is 14.3 Å². The molecule has 0 unspecified atom stereocenters. The number of thiophene rings is 1. The molecule has 0 spiro atoms. The van der Waals surface area contributed by atoms with Crippen molar-refractivity contribution in [2.45, 2.75) is 103 Å².